The van der Waals surface area contributed by atoms with Gasteiger partial charge in [0.25, 0.3) is 0 Å². The van der Waals surface area contributed by atoms with E-state index >= 15 is 0 Å². The molecule has 2 aromatic heterocycles. The summed E-state index contributed by atoms with van der Waals surface area (Å²) >= 11 is 0. The Labute approximate surface area is 165 Å². The van der Waals surface area contributed by atoms with E-state index in [0.717, 1.165) is 37.2 Å². The van der Waals surface area contributed by atoms with Gasteiger partial charge in [0.05, 0.1) is 17.7 Å². The van der Waals surface area contributed by atoms with Crippen LogP contribution in [0.2, 0.25) is 0 Å². The largest absolute Gasteiger partial charge is 0.461 e. The van der Waals surface area contributed by atoms with Crippen LogP contribution >= 0.6 is 24.8 Å². The van der Waals surface area contributed by atoms with E-state index in [0.29, 0.717) is 17.4 Å². The van der Waals surface area contributed by atoms with E-state index in [1.165, 1.54) is 7.05 Å². The number of fused-ring (bicyclic) bond motifs is 1. The summed E-state index contributed by atoms with van der Waals surface area (Å²) in [5, 5.41) is 6.49. The van der Waals surface area contributed by atoms with Crippen LogP contribution in [-0.4, -0.2) is 50.8 Å². The standard InChI is InChI=1S/C15H21N5O3S.2ClH/c1-16-24(21,22)10-8-18-14-11-4-6-17-7-5-12(11)19-15(20-14)13-3-2-9-23-13;;/h2-3,9,16-17H,4-8,10H2,1H3,(H,18,19,20);2*1H. The Bertz CT molecular complexity index is 800. The van der Waals surface area contributed by atoms with Gasteiger partial charge in [-0.3, -0.25) is 0 Å². The molecule has 146 valence electrons. The van der Waals surface area contributed by atoms with Crippen LogP contribution in [0, 0.1) is 0 Å². The minimum absolute atomic E-state index is 0. The molecule has 1 aliphatic heterocycles. The molecule has 0 fully saturated rings. The predicted octanol–water partition coefficient (Wildman–Crippen LogP) is 1.23. The highest BCUT2D eigenvalue weighted by atomic mass is 35.5. The molecule has 0 amide bonds. The number of nitrogens with zero attached hydrogens (tertiary/aromatic N) is 2. The van der Waals surface area contributed by atoms with Crippen LogP contribution in [0.5, 0.6) is 0 Å². The van der Waals surface area contributed by atoms with Gasteiger partial charge in [-0.15, -0.1) is 24.8 Å². The van der Waals surface area contributed by atoms with Crippen molar-refractivity contribution < 1.29 is 12.8 Å². The Balaban J connectivity index is 0.00000169. The smallest absolute Gasteiger partial charge is 0.213 e. The Morgan fingerprint density at radius 3 is 2.69 bits per heavy atom. The van der Waals surface area contributed by atoms with Crippen molar-refractivity contribution >= 4 is 40.7 Å². The van der Waals surface area contributed by atoms with Crippen molar-refractivity contribution in [3.63, 3.8) is 0 Å². The summed E-state index contributed by atoms with van der Waals surface area (Å²) in [4.78, 5) is 9.19. The molecule has 0 saturated heterocycles. The first-order valence-electron chi connectivity index (χ1n) is 7.88. The first-order chi connectivity index (χ1) is 11.6. The number of furan rings is 1. The summed E-state index contributed by atoms with van der Waals surface area (Å²) < 4.78 is 30.9. The van der Waals surface area contributed by atoms with Crippen LogP contribution < -0.4 is 15.4 Å². The molecule has 0 radical (unpaired) electrons. The monoisotopic (exact) mass is 423 g/mol. The summed E-state index contributed by atoms with van der Waals surface area (Å²) in [5.74, 6) is 1.78. The Morgan fingerprint density at radius 2 is 2.00 bits per heavy atom. The van der Waals surface area contributed by atoms with Crippen molar-refractivity contribution in [2.24, 2.45) is 0 Å². The van der Waals surface area contributed by atoms with Crippen LogP contribution in [0.1, 0.15) is 11.3 Å². The van der Waals surface area contributed by atoms with Gasteiger partial charge in [-0.25, -0.2) is 23.1 Å². The summed E-state index contributed by atoms with van der Waals surface area (Å²) in [6.45, 7) is 1.98. The number of anilines is 1. The highest BCUT2D eigenvalue weighted by Gasteiger charge is 2.18. The van der Waals surface area contributed by atoms with Gasteiger partial charge < -0.3 is 15.1 Å². The van der Waals surface area contributed by atoms with Crippen molar-refractivity contribution in [3.05, 3.63) is 29.7 Å². The van der Waals surface area contributed by atoms with Crippen molar-refractivity contribution in [1.29, 1.82) is 0 Å². The average molecular weight is 424 g/mol. The topological polar surface area (TPSA) is 109 Å². The van der Waals surface area contributed by atoms with Gasteiger partial charge >= 0.3 is 0 Å². The van der Waals surface area contributed by atoms with Crippen molar-refractivity contribution in [3.8, 4) is 11.6 Å². The molecule has 0 aromatic carbocycles. The van der Waals surface area contributed by atoms with Gasteiger partial charge in [-0.2, -0.15) is 0 Å². The summed E-state index contributed by atoms with van der Waals surface area (Å²) in [7, 11) is -1.85. The lowest BCUT2D eigenvalue weighted by molar-refractivity contribution is 0.576. The Morgan fingerprint density at radius 1 is 1.23 bits per heavy atom. The van der Waals surface area contributed by atoms with Crippen molar-refractivity contribution in [1.82, 2.24) is 20.0 Å². The van der Waals surface area contributed by atoms with E-state index in [-0.39, 0.29) is 37.1 Å². The predicted molar refractivity (Wildman–Crippen MR) is 106 cm³/mol. The fourth-order valence-corrected chi connectivity index (χ4v) is 3.19. The molecule has 8 nitrogen and oxygen atoms in total. The molecule has 1 aliphatic rings. The maximum Gasteiger partial charge on any atom is 0.213 e. The first kappa shape index (κ1) is 22.7. The van der Waals surface area contributed by atoms with Crippen LogP contribution in [0.25, 0.3) is 11.6 Å². The SMILES string of the molecule is CNS(=O)(=O)CCNc1nc(-c2ccco2)nc2c1CCNCC2.Cl.Cl. The van der Waals surface area contributed by atoms with Crippen LogP contribution in [0.3, 0.4) is 0 Å². The lowest BCUT2D eigenvalue weighted by Gasteiger charge is -2.14. The van der Waals surface area contributed by atoms with E-state index in [9.17, 15) is 8.42 Å². The molecule has 26 heavy (non-hydrogen) atoms. The third kappa shape index (κ3) is 5.55. The Kier molecular flexibility index (Phi) is 8.78. The lowest BCUT2D eigenvalue weighted by Crippen LogP contribution is -2.26. The lowest BCUT2D eigenvalue weighted by atomic mass is 10.1. The summed E-state index contributed by atoms with van der Waals surface area (Å²) in [6.07, 6.45) is 3.18. The molecular weight excluding hydrogens is 401 g/mol. The molecule has 3 heterocycles. The number of rotatable bonds is 6. The van der Waals surface area contributed by atoms with Gasteiger partial charge in [0.1, 0.15) is 5.82 Å². The molecule has 0 aliphatic carbocycles. The van der Waals surface area contributed by atoms with Gasteiger partial charge in [0.15, 0.2) is 11.6 Å². The zero-order chi connectivity index (χ0) is 17.0. The molecule has 0 saturated carbocycles. The van der Waals surface area contributed by atoms with Crippen LogP contribution in [-0.2, 0) is 22.9 Å². The van der Waals surface area contributed by atoms with Crippen LogP contribution in [0.15, 0.2) is 22.8 Å². The molecule has 11 heteroatoms. The summed E-state index contributed by atoms with van der Waals surface area (Å²) in [5.41, 5.74) is 2.01. The van der Waals surface area contributed by atoms with Gasteiger partial charge in [0.2, 0.25) is 10.0 Å². The zero-order valence-corrected chi connectivity index (χ0v) is 16.8. The normalized spacial score (nSPS) is 13.7. The van der Waals surface area contributed by atoms with Gasteiger partial charge in [0, 0.05) is 25.1 Å². The summed E-state index contributed by atoms with van der Waals surface area (Å²) in [6, 6.07) is 3.60. The molecule has 3 N–H and O–H groups in total. The highest BCUT2D eigenvalue weighted by Crippen LogP contribution is 2.24. The second-order valence-electron chi connectivity index (χ2n) is 5.50. The van der Waals surface area contributed by atoms with E-state index in [2.05, 4.69) is 25.3 Å². The minimum Gasteiger partial charge on any atom is -0.461 e. The molecule has 0 spiro atoms. The minimum atomic E-state index is -3.26. The van der Waals surface area contributed by atoms with E-state index in [1.54, 1.807) is 12.3 Å². The number of hydrogen-bond acceptors (Lipinski definition) is 7. The quantitative estimate of drug-likeness (QED) is 0.640. The number of aromatic nitrogens is 2. The molecule has 0 atom stereocenters. The third-order valence-corrected chi connectivity index (χ3v) is 5.26. The highest BCUT2D eigenvalue weighted by molar-refractivity contribution is 7.89. The molecule has 2 aromatic rings. The van der Waals surface area contributed by atoms with Gasteiger partial charge in [-0.1, -0.05) is 0 Å². The second kappa shape index (κ2) is 10.1. The molecule has 0 unspecified atom stereocenters. The first-order valence-corrected chi connectivity index (χ1v) is 9.54. The maximum atomic E-state index is 11.6. The zero-order valence-electron chi connectivity index (χ0n) is 14.3. The van der Waals surface area contributed by atoms with Crippen LogP contribution in [0.4, 0.5) is 5.82 Å². The van der Waals surface area contributed by atoms with E-state index < -0.39 is 10.0 Å². The Hall–Kier alpha value is -1.39. The average Bonchev–Trinajstić information content (AvgIpc) is 3.00. The van der Waals surface area contributed by atoms with E-state index in [1.807, 2.05) is 6.07 Å². The van der Waals surface area contributed by atoms with E-state index in [4.69, 9.17) is 4.42 Å². The molecule has 3 rings (SSSR count). The van der Waals surface area contributed by atoms with Crippen molar-refractivity contribution in [2.75, 3.05) is 37.8 Å². The number of sulfonamides is 1. The third-order valence-electron chi connectivity index (χ3n) is 3.90. The fraction of sp³-hybridized carbons (Fsp3) is 0.467. The van der Waals surface area contributed by atoms with Crippen molar-refractivity contribution in [2.45, 2.75) is 12.8 Å². The maximum absolute atomic E-state index is 11.6. The number of hydrogen-bond donors (Lipinski definition) is 3. The van der Waals surface area contributed by atoms with Gasteiger partial charge in [-0.05, 0) is 32.1 Å². The molecule has 0 bridgehead atoms. The number of nitrogens with one attached hydrogen (secondary N) is 3. The molecular formula is C15H23Cl2N5O3S. The number of halogens is 2. The second-order valence-corrected chi connectivity index (χ2v) is 7.54. The fourth-order valence-electron chi connectivity index (χ4n) is 2.61.